The average Bonchev–Trinajstić information content (AvgIpc) is 2.97. The number of rotatable bonds is 5. The second-order valence-corrected chi connectivity index (χ2v) is 3.96. The number of aromatic nitrogens is 1. The Morgan fingerprint density at radius 3 is 3.07 bits per heavy atom. The van der Waals surface area contributed by atoms with Crippen molar-refractivity contribution in [1.29, 1.82) is 0 Å². The summed E-state index contributed by atoms with van der Waals surface area (Å²) in [4.78, 5) is 11.2. The van der Waals surface area contributed by atoms with Crippen LogP contribution in [-0.2, 0) is 17.9 Å². The molecule has 2 rings (SSSR count). The van der Waals surface area contributed by atoms with Crippen LogP contribution in [-0.4, -0.2) is 23.6 Å². The third kappa shape index (κ3) is 2.83. The van der Waals surface area contributed by atoms with Crippen molar-refractivity contribution in [1.82, 2.24) is 15.2 Å². The van der Waals surface area contributed by atoms with Gasteiger partial charge in [0, 0.05) is 31.5 Å². The summed E-state index contributed by atoms with van der Waals surface area (Å²) in [6, 6.07) is 4.74. The molecule has 0 aromatic carbocycles. The Bertz CT molecular complexity index is 341. The number of hydrogen-bond donors (Lipinski definition) is 2. The van der Waals surface area contributed by atoms with Crippen LogP contribution in [0.4, 0.5) is 0 Å². The minimum absolute atomic E-state index is 0.0406. The Labute approximate surface area is 89.7 Å². The summed E-state index contributed by atoms with van der Waals surface area (Å²) in [5.41, 5.74) is 1.17. The lowest BCUT2D eigenvalue weighted by Gasteiger charge is -2.08. The van der Waals surface area contributed by atoms with E-state index < -0.39 is 0 Å². The summed E-state index contributed by atoms with van der Waals surface area (Å²) in [5, 5.41) is 6.07. The average molecular weight is 207 g/mol. The molecule has 1 heterocycles. The van der Waals surface area contributed by atoms with Crippen LogP contribution < -0.4 is 10.6 Å². The monoisotopic (exact) mass is 207 g/mol. The molecule has 0 saturated heterocycles. The van der Waals surface area contributed by atoms with E-state index in [-0.39, 0.29) is 5.91 Å². The van der Waals surface area contributed by atoms with Gasteiger partial charge in [-0.2, -0.15) is 0 Å². The minimum Gasteiger partial charge on any atom is -0.358 e. The van der Waals surface area contributed by atoms with Crippen molar-refractivity contribution in [3.05, 3.63) is 24.0 Å². The van der Waals surface area contributed by atoms with Gasteiger partial charge in [-0.3, -0.25) is 4.79 Å². The van der Waals surface area contributed by atoms with E-state index in [2.05, 4.69) is 16.7 Å². The van der Waals surface area contributed by atoms with Crippen LogP contribution in [0.5, 0.6) is 0 Å². The highest BCUT2D eigenvalue weighted by molar-refractivity contribution is 5.75. The van der Waals surface area contributed by atoms with Crippen LogP contribution in [0.15, 0.2) is 18.3 Å². The van der Waals surface area contributed by atoms with Gasteiger partial charge in [-0.05, 0) is 25.0 Å². The van der Waals surface area contributed by atoms with E-state index in [1.165, 1.54) is 18.5 Å². The molecule has 1 aromatic rings. The highest BCUT2D eigenvalue weighted by Crippen LogP contribution is 2.19. The van der Waals surface area contributed by atoms with Gasteiger partial charge in [0.25, 0.3) is 0 Å². The summed E-state index contributed by atoms with van der Waals surface area (Å²) in [5.74, 6) is 0.0406. The predicted molar refractivity (Wildman–Crippen MR) is 58.4 cm³/mol. The highest BCUT2D eigenvalue weighted by Gasteiger charge is 2.20. The summed E-state index contributed by atoms with van der Waals surface area (Å²) >= 11 is 0. The molecule has 1 aliphatic carbocycles. The van der Waals surface area contributed by atoms with Crippen LogP contribution in [0, 0.1) is 0 Å². The first-order valence-corrected chi connectivity index (χ1v) is 5.37. The molecular formula is C11H17N3O. The Kier molecular flexibility index (Phi) is 3.06. The first-order chi connectivity index (χ1) is 7.29. The Hall–Kier alpha value is -1.29. The van der Waals surface area contributed by atoms with Gasteiger partial charge in [0.05, 0.1) is 0 Å². The summed E-state index contributed by atoms with van der Waals surface area (Å²) in [6.07, 6.45) is 4.52. The number of carbonyl (C=O) groups is 1. The maximum absolute atomic E-state index is 11.2. The van der Waals surface area contributed by atoms with E-state index in [1.54, 1.807) is 7.05 Å². The van der Waals surface area contributed by atoms with Gasteiger partial charge < -0.3 is 15.2 Å². The summed E-state index contributed by atoms with van der Waals surface area (Å²) in [6.45, 7) is 1.26. The lowest BCUT2D eigenvalue weighted by Crippen LogP contribution is -2.25. The van der Waals surface area contributed by atoms with Crippen molar-refractivity contribution in [2.45, 2.75) is 32.0 Å². The molecule has 0 radical (unpaired) electrons. The van der Waals surface area contributed by atoms with Crippen molar-refractivity contribution in [3.63, 3.8) is 0 Å². The van der Waals surface area contributed by atoms with Crippen molar-refractivity contribution in [2.75, 3.05) is 7.05 Å². The number of nitrogens with zero attached hydrogens (tertiary/aromatic N) is 1. The van der Waals surface area contributed by atoms with Gasteiger partial charge >= 0.3 is 0 Å². The third-order valence-corrected chi connectivity index (χ3v) is 2.67. The van der Waals surface area contributed by atoms with Gasteiger partial charge in [-0.1, -0.05) is 0 Å². The zero-order chi connectivity index (χ0) is 10.7. The van der Waals surface area contributed by atoms with E-state index in [9.17, 15) is 4.79 Å². The van der Waals surface area contributed by atoms with Crippen LogP contribution >= 0.6 is 0 Å². The number of carbonyl (C=O) groups excluding carboxylic acids is 1. The van der Waals surface area contributed by atoms with Gasteiger partial charge in [0.1, 0.15) is 6.54 Å². The number of hydrogen-bond acceptors (Lipinski definition) is 2. The van der Waals surface area contributed by atoms with Crippen molar-refractivity contribution in [3.8, 4) is 0 Å². The zero-order valence-corrected chi connectivity index (χ0v) is 8.99. The second kappa shape index (κ2) is 4.49. The molecule has 1 aromatic heterocycles. The maximum Gasteiger partial charge on any atom is 0.239 e. The largest absolute Gasteiger partial charge is 0.358 e. The number of likely N-dealkylation sites (N-methyl/N-ethyl adjacent to an activating group) is 1. The van der Waals surface area contributed by atoms with Gasteiger partial charge in [-0.25, -0.2) is 0 Å². The first-order valence-electron chi connectivity index (χ1n) is 5.37. The van der Waals surface area contributed by atoms with E-state index in [1.807, 2.05) is 16.8 Å². The molecule has 0 spiro atoms. The molecule has 15 heavy (non-hydrogen) atoms. The molecule has 1 saturated carbocycles. The lowest BCUT2D eigenvalue weighted by atomic mass is 10.4. The van der Waals surface area contributed by atoms with Crippen molar-refractivity contribution in [2.24, 2.45) is 0 Å². The molecule has 1 fully saturated rings. The smallest absolute Gasteiger partial charge is 0.239 e. The van der Waals surface area contributed by atoms with Gasteiger partial charge in [0.2, 0.25) is 5.91 Å². The highest BCUT2D eigenvalue weighted by atomic mass is 16.1. The fraction of sp³-hybridized carbons (Fsp3) is 0.545. The number of amides is 1. The van der Waals surface area contributed by atoms with Crippen molar-refractivity contribution >= 4 is 5.91 Å². The third-order valence-electron chi connectivity index (χ3n) is 2.67. The molecule has 0 aliphatic heterocycles. The Morgan fingerprint density at radius 1 is 1.60 bits per heavy atom. The van der Waals surface area contributed by atoms with Gasteiger partial charge in [-0.15, -0.1) is 0 Å². The maximum atomic E-state index is 11.2. The summed E-state index contributed by atoms with van der Waals surface area (Å²) < 4.78 is 1.98. The Balaban J connectivity index is 1.91. The quantitative estimate of drug-likeness (QED) is 0.738. The molecule has 2 N–H and O–H groups in total. The molecule has 4 heteroatoms. The standard InChI is InChI=1S/C11H17N3O/c1-12-11(15)8-14-6-2-3-10(14)7-13-9-4-5-9/h2-3,6,9,13H,4-5,7-8H2,1H3,(H,12,15). The first kappa shape index (κ1) is 10.2. The topological polar surface area (TPSA) is 46.1 Å². The molecular weight excluding hydrogens is 190 g/mol. The van der Waals surface area contributed by atoms with Gasteiger partial charge in [0.15, 0.2) is 0 Å². The summed E-state index contributed by atoms with van der Waals surface area (Å²) in [7, 11) is 1.66. The molecule has 0 bridgehead atoms. The zero-order valence-electron chi connectivity index (χ0n) is 8.99. The van der Waals surface area contributed by atoms with Crippen LogP contribution in [0.3, 0.4) is 0 Å². The SMILES string of the molecule is CNC(=O)Cn1cccc1CNC1CC1. The second-order valence-electron chi connectivity index (χ2n) is 3.96. The molecule has 1 aliphatic rings. The van der Waals surface area contributed by atoms with Crippen molar-refractivity contribution < 1.29 is 4.79 Å². The van der Waals surface area contributed by atoms with Crippen LogP contribution in [0.2, 0.25) is 0 Å². The van der Waals surface area contributed by atoms with E-state index >= 15 is 0 Å². The molecule has 0 atom stereocenters. The fourth-order valence-electron chi connectivity index (χ4n) is 1.53. The predicted octanol–water partition coefficient (Wildman–Crippen LogP) is 0.486. The van der Waals surface area contributed by atoms with E-state index in [0.717, 1.165) is 6.54 Å². The van der Waals surface area contributed by atoms with E-state index in [4.69, 9.17) is 0 Å². The number of nitrogens with one attached hydrogen (secondary N) is 2. The minimum atomic E-state index is 0.0406. The van der Waals surface area contributed by atoms with Crippen LogP contribution in [0.25, 0.3) is 0 Å². The molecule has 1 amide bonds. The molecule has 0 unspecified atom stereocenters. The lowest BCUT2D eigenvalue weighted by molar-refractivity contribution is -0.121. The van der Waals surface area contributed by atoms with E-state index in [0.29, 0.717) is 12.6 Å². The normalized spacial score (nSPS) is 15.3. The Morgan fingerprint density at radius 2 is 2.40 bits per heavy atom. The molecule has 82 valence electrons. The van der Waals surface area contributed by atoms with Crippen LogP contribution in [0.1, 0.15) is 18.5 Å². The molecule has 4 nitrogen and oxygen atoms in total. The fourth-order valence-corrected chi connectivity index (χ4v) is 1.53.